The molecule has 0 aromatic carbocycles. The Balaban J connectivity index is 2.09. The van der Waals surface area contributed by atoms with Gasteiger partial charge in [-0.15, -0.1) is 0 Å². The fourth-order valence-electron chi connectivity index (χ4n) is 2.71. The van der Waals surface area contributed by atoms with Crippen molar-refractivity contribution in [1.82, 2.24) is 9.97 Å². The predicted octanol–water partition coefficient (Wildman–Crippen LogP) is 1.16. The van der Waals surface area contributed by atoms with Crippen LogP contribution < -0.4 is 10.6 Å². The van der Waals surface area contributed by atoms with Crippen LogP contribution in [0, 0.1) is 5.41 Å². The van der Waals surface area contributed by atoms with E-state index in [1.807, 2.05) is 0 Å². The molecular weight excluding hydrogens is 230 g/mol. The minimum absolute atomic E-state index is 0.0937. The fourth-order valence-corrected chi connectivity index (χ4v) is 2.71. The topological polar surface area (TPSA) is 88.1 Å². The molecule has 0 radical (unpaired) electrons. The van der Waals surface area contributed by atoms with Gasteiger partial charge in [0.1, 0.15) is 30.1 Å². The maximum absolute atomic E-state index is 7.95. The van der Waals surface area contributed by atoms with Crippen LogP contribution in [0.3, 0.4) is 0 Å². The van der Waals surface area contributed by atoms with Gasteiger partial charge < -0.3 is 15.4 Å². The molecule has 2 aliphatic heterocycles. The summed E-state index contributed by atoms with van der Waals surface area (Å²) in [5.74, 6) is 1.18. The zero-order chi connectivity index (χ0) is 12.5. The van der Waals surface area contributed by atoms with Gasteiger partial charge in [0.05, 0.1) is 6.04 Å². The summed E-state index contributed by atoms with van der Waals surface area (Å²) in [6.45, 7) is 1.49. The fraction of sp³-hybridized carbons (Fsp3) is 0.583. The van der Waals surface area contributed by atoms with Gasteiger partial charge in [-0.05, 0) is 12.8 Å². The van der Waals surface area contributed by atoms with E-state index in [1.54, 1.807) is 0 Å². The average molecular weight is 247 g/mol. The van der Waals surface area contributed by atoms with Crippen LogP contribution in [0.25, 0.3) is 0 Å². The molecule has 1 atom stereocenters. The molecule has 0 amide bonds. The highest BCUT2D eigenvalue weighted by atomic mass is 16.5. The van der Waals surface area contributed by atoms with Crippen molar-refractivity contribution in [3.63, 3.8) is 0 Å². The average Bonchev–Trinajstić information content (AvgIpc) is 2.66. The van der Waals surface area contributed by atoms with Crippen LogP contribution in [0.4, 0.5) is 11.6 Å². The smallest absolute Gasteiger partial charge is 0.220 e. The molecule has 6 nitrogen and oxygen atoms in total. The minimum Gasteiger partial charge on any atom is -0.475 e. The van der Waals surface area contributed by atoms with Crippen LogP contribution in [0.15, 0.2) is 6.33 Å². The number of nitrogens with two attached hydrogens (primary N) is 1. The quantitative estimate of drug-likeness (QED) is 0.718. The van der Waals surface area contributed by atoms with Gasteiger partial charge in [0.25, 0.3) is 0 Å². The summed E-state index contributed by atoms with van der Waals surface area (Å²) >= 11 is 0. The summed E-state index contributed by atoms with van der Waals surface area (Å²) in [5, 5.41) is 7.95. The SMILES string of the molecule is N=C1OCC2CCCCCN2c2ncnc(N)c21. The Kier molecular flexibility index (Phi) is 2.77. The summed E-state index contributed by atoms with van der Waals surface area (Å²) in [4.78, 5) is 10.5. The van der Waals surface area contributed by atoms with E-state index >= 15 is 0 Å². The molecule has 6 heteroatoms. The van der Waals surface area contributed by atoms with E-state index in [-0.39, 0.29) is 5.90 Å². The Hall–Kier alpha value is -1.85. The van der Waals surface area contributed by atoms with E-state index in [1.165, 1.54) is 19.2 Å². The van der Waals surface area contributed by atoms with Crippen LogP contribution >= 0.6 is 0 Å². The van der Waals surface area contributed by atoms with Gasteiger partial charge in [-0.3, -0.25) is 5.41 Å². The van der Waals surface area contributed by atoms with Crippen molar-refractivity contribution in [1.29, 1.82) is 5.41 Å². The molecule has 1 aromatic rings. The van der Waals surface area contributed by atoms with Crippen molar-refractivity contribution in [2.75, 3.05) is 23.8 Å². The summed E-state index contributed by atoms with van der Waals surface area (Å²) < 4.78 is 5.52. The molecule has 1 unspecified atom stereocenters. The number of ether oxygens (including phenoxy) is 1. The van der Waals surface area contributed by atoms with Gasteiger partial charge in [0.15, 0.2) is 0 Å². The Morgan fingerprint density at radius 3 is 3.11 bits per heavy atom. The molecule has 3 heterocycles. The first-order chi connectivity index (χ1) is 8.77. The normalized spacial score (nSPS) is 23.4. The van der Waals surface area contributed by atoms with Crippen LogP contribution in [-0.4, -0.2) is 35.1 Å². The zero-order valence-corrected chi connectivity index (χ0v) is 10.2. The lowest BCUT2D eigenvalue weighted by Gasteiger charge is -2.28. The first-order valence-corrected chi connectivity index (χ1v) is 6.36. The van der Waals surface area contributed by atoms with E-state index in [2.05, 4.69) is 14.9 Å². The van der Waals surface area contributed by atoms with E-state index in [0.717, 1.165) is 25.2 Å². The summed E-state index contributed by atoms with van der Waals surface area (Å²) in [5.41, 5.74) is 6.41. The highest BCUT2D eigenvalue weighted by Crippen LogP contribution is 2.30. The summed E-state index contributed by atoms with van der Waals surface area (Å²) in [7, 11) is 0. The number of hydrogen-bond donors (Lipinski definition) is 2. The van der Waals surface area contributed by atoms with E-state index in [9.17, 15) is 0 Å². The number of rotatable bonds is 0. The van der Waals surface area contributed by atoms with Crippen LogP contribution in [0.2, 0.25) is 0 Å². The molecule has 18 heavy (non-hydrogen) atoms. The molecule has 1 fully saturated rings. The second-order valence-electron chi connectivity index (χ2n) is 4.79. The van der Waals surface area contributed by atoms with E-state index in [4.69, 9.17) is 15.9 Å². The molecule has 1 aromatic heterocycles. The number of nitrogen functional groups attached to an aromatic ring is 1. The largest absolute Gasteiger partial charge is 0.475 e. The van der Waals surface area contributed by atoms with Gasteiger partial charge in [0.2, 0.25) is 5.90 Å². The van der Waals surface area contributed by atoms with Gasteiger partial charge in [-0.2, -0.15) is 0 Å². The third-order valence-electron chi connectivity index (χ3n) is 3.65. The first-order valence-electron chi connectivity index (χ1n) is 6.36. The highest BCUT2D eigenvalue weighted by Gasteiger charge is 2.31. The Labute approximate surface area is 106 Å². The zero-order valence-electron chi connectivity index (χ0n) is 10.2. The number of nitrogens with one attached hydrogen (secondary N) is 1. The van der Waals surface area contributed by atoms with Gasteiger partial charge >= 0.3 is 0 Å². The molecule has 0 spiro atoms. The van der Waals surface area contributed by atoms with Gasteiger partial charge in [-0.1, -0.05) is 12.8 Å². The number of hydrogen-bond acceptors (Lipinski definition) is 6. The lowest BCUT2D eigenvalue weighted by atomic mass is 10.1. The van der Waals surface area contributed by atoms with Crippen molar-refractivity contribution < 1.29 is 4.74 Å². The highest BCUT2D eigenvalue weighted by molar-refractivity contribution is 6.01. The van der Waals surface area contributed by atoms with E-state index in [0.29, 0.717) is 24.0 Å². The molecule has 3 rings (SSSR count). The summed E-state index contributed by atoms with van der Waals surface area (Å²) in [6, 6.07) is 0.295. The molecule has 0 saturated carbocycles. The number of nitrogens with zero attached hydrogens (tertiary/aromatic N) is 3. The van der Waals surface area contributed by atoms with Crippen molar-refractivity contribution >= 4 is 17.5 Å². The lowest BCUT2D eigenvalue weighted by Crippen LogP contribution is -2.37. The third kappa shape index (κ3) is 1.77. The molecule has 0 bridgehead atoms. The van der Waals surface area contributed by atoms with Crippen LogP contribution in [0.1, 0.15) is 31.2 Å². The second kappa shape index (κ2) is 4.44. The van der Waals surface area contributed by atoms with E-state index < -0.39 is 0 Å². The maximum Gasteiger partial charge on any atom is 0.220 e. The monoisotopic (exact) mass is 247 g/mol. The van der Waals surface area contributed by atoms with Crippen molar-refractivity contribution in [3.8, 4) is 0 Å². The predicted molar refractivity (Wildman–Crippen MR) is 68.8 cm³/mol. The van der Waals surface area contributed by atoms with Crippen molar-refractivity contribution in [2.24, 2.45) is 0 Å². The van der Waals surface area contributed by atoms with Crippen molar-refractivity contribution in [2.45, 2.75) is 31.7 Å². The number of aromatic nitrogens is 2. The molecule has 2 aliphatic rings. The Morgan fingerprint density at radius 2 is 2.22 bits per heavy atom. The number of anilines is 2. The minimum atomic E-state index is 0.0937. The van der Waals surface area contributed by atoms with Gasteiger partial charge in [-0.25, -0.2) is 9.97 Å². The molecule has 1 saturated heterocycles. The molecule has 3 N–H and O–H groups in total. The summed E-state index contributed by atoms with van der Waals surface area (Å²) in [6.07, 6.45) is 6.13. The van der Waals surface area contributed by atoms with Crippen LogP contribution in [0.5, 0.6) is 0 Å². The Bertz CT molecular complexity index is 476. The first kappa shape index (κ1) is 11.3. The lowest BCUT2D eigenvalue weighted by molar-refractivity contribution is 0.269. The van der Waals surface area contributed by atoms with Crippen LogP contribution in [-0.2, 0) is 4.74 Å². The third-order valence-corrected chi connectivity index (χ3v) is 3.65. The molecular formula is C12H17N5O. The molecule has 0 aliphatic carbocycles. The second-order valence-corrected chi connectivity index (χ2v) is 4.79. The maximum atomic E-state index is 7.95. The van der Waals surface area contributed by atoms with Gasteiger partial charge in [0, 0.05) is 6.54 Å². The Morgan fingerprint density at radius 1 is 1.33 bits per heavy atom. The van der Waals surface area contributed by atoms with Crippen molar-refractivity contribution in [3.05, 3.63) is 11.9 Å². The number of fused-ring (bicyclic) bond motifs is 3. The molecule has 96 valence electrons. The standard InChI is InChI=1S/C12H17N5O/c13-10-9-11(14)18-6-8-4-2-1-3-5-17(8)12(9)16-7-15-10/h7-8,14H,1-6H2,(H2,13,15,16).